The van der Waals surface area contributed by atoms with Crippen LogP contribution in [0.2, 0.25) is 0 Å². The molecular formula is C35H53FN4O2. The second-order valence-corrected chi connectivity index (χ2v) is 12.6. The maximum atomic E-state index is 13.7. The normalized spacial score (nSPS) is 22.1. The lowest BCUT2D eigenvalue weighted by atomic mass is 9.78. The first-order valence-corrected chi connectivity index (χ1v) is 16.3. The fourth-order valence-corrected chi connectivity index (χ4v) is 6.75. The molecule has 2 aromatic carbocycles. The Morgan fingerprint density at radius 3 is 2.50 bits per heavy atom. The number of hydrogen-bond donors (Lipinski definition) is 1. The lowest BCUT2D eigenvalue weighted by molar-refractivity contribution is -0.150. The first kappa shape index (κ1) is 32.4. The van der Waals surface area contributed by atoms with Crippen molar-refractivity contribution in [3.63, 3.8) is 0 Å². The van der Waals surface area contributed by atoms with Crippen molar-refractivity contribution in [3.05, 3.63) is 65.5 Å². The molecule has 42 heavy (non-hydrogen) atoms. The molecule has 0 saturated carbocycles. The third kappa shape index (κ3) is 8.77. The standard InChI is InChI=1S/C35H53FN4O2/c1-4-5-6-7-8-9-10-16-34(41)42-32(28-17-19-30(36)20-18-28)15-12-22-40-23-21-33-35(37,27-40)29-13-11-14-31(26-29)38(2)24-25-39(33)3/h11,13-14,17-20,26,32-33H,4-10,12,15-16,21-25,27,37H2,1-3H3/t32?,33-,35+/m0/s1. The predicted molar refractivity (Wildman–Crippen MR) is 170 cm³/mol. The molecule has 6 nitrogen and oxygen atoms in total. The van der Waals surface area contributed by atoms with Crippen LogP contribution in [0.1, 0.15) is 94.8 Å². The van der Waals surface area contributed by atoms with Crippen LogP contribution in [0.25, 0.3) is 0 Å². The first-order chi connectivity index (χ1) is 20.3. The van der Waals surface area contributed by atoms with E-state index in [1.165, 1.54) is 55.5 Å². The number of rotatable bonds is 14. The van der Waals surface area contributed by atoms with Gasteiger partial charge in [-0.2, -0.15) is 0 Å². The minimum absolute atomic E-state index is 0.155. The molecule has 2 bridgehead atoms. The van der Waals surface area contributed by atoms with E-state index in [1.807, 2.05) is 0 Å². The summed E-state index contributed by atoms with van der Waals surface area (Å²) in [6.45, 7) is 6.82. The first-order valence-electron chi connectivity index (χ1n) is 16.3. The molecule has 0 aliphatic carbocycles. The van der Waals surface area contributed by atoms with Gasteiger partial charge in [-0.25, -0.2) is 4.39 Å². The molecular weight excluding hydrogens is 527 g/mol. The zero-order valence-corrected chi connectivity index (χ0v) is 26.2. The van der Waals surface area contributed by atoms with Crippen LogP contribution >= 0.6 is 0 Å². The van der Waals surface area contributed by atoms with Crippen LogP contribution in [-0.4, -0.2) is 68.6 Å². The summed E-state index contributed by atoms with van der Waals surface area (Å²) in [6.07, 6.45) is 10.8. The van der Waals surface area contributed by atoms with Crippen molar-refractivity contribution >= 4 is 11.7 Å². The van der Waals surface area contributed by atoms with E-state index in [4.69, 9.17) is 10.5 Å². The second kappa shape index (κ2) is 15.8. The molecule has 3 atom stereocenters. The monoisotopic (exact) mass is 580 g/mol. The van der Waals surface area contributed by atoms with Crippen molar-refractivity contribution in [2.75, 3.05) is 51.7 Å². The Balaban J connectivity index is 1.34. The molecule has 0 aromatic heterocycles. The van der Waals surface area contributed by atoms with Gasteiger partial charge in [0.05, 0.1) is 5.54 Å². The van der Waals surface area contributed by atoms with Gasteiger partial charge >= 0.3 is 5.97 Å². The van der Waals surface area contributed by atoms with E-state index in [1.54, 1.807) is 12.1 Å². The van der Waals surface area contributed by atoms with Crippen LogP contribution in [0.5, 0.6) is 0 Å². The number of halogens is 1. The van der Waals surface area contributed by atoms with Gasteiger partial charge in [-0.3, -0.25) is 9.69 Å². The average Bonchev–Trinajstić information content (AvgIpc) is 3.01. The van der Waals surface area contributed by atoms with Crippen LogP contribution in [0.15, 0.2) is 48.5 Å². The number of carbonyl (C=O) groups is 1. The van der Waals surface area contributed by atoms with E-state index in [0.29, 0.717) is 12.8 Å². The molecule has 0 spiro atoms. The highest BCUT2D eigenvalue weighted by Crippen LogP contribution is 2.36. The summed E-state index contributed by atoms with van der Waals surface area (Å²) >= 11 is 0. The molecule has 2 N–H and O–H groups in total. The Hall–Kier alpha value is -2.48. The highest BCUT2D eigenvalue weighted by atomic mass is 19.1. The molecule has 2 aliphatic rings. The van der Waals surface area contributed by atoms with Crippen LogP contribution in [-0.2, 0) is 15.1 Å². The van der Waals surface area contributed by atoms with Crippen LogP contribution in [0.4, 0.5) is 10.1 Å². The molecule has 1 saturated heterocycles. The van der Waals surface area contributed by atoms with Gasteiger partial charge in [-0.15, -0.1) is 0 Å². The fourth-order valence-electron chi connectivity index (χ4n) is 6.75. The van der Waals surface area contributed by atoms with Gasteiger partial charge in [0.15, 0.2) is 0 Å². The number of piperidine rings is 1. The maximum Gasteiger partial charge on any atom is 0.306 e. The Bertz CT molecular complexity index is 1110. The highest BCUT2D eigenvalue weighted by Gasteiger charge is 2.44. The number of ether oxygens (including phenoxy) is 1. The fraction of sp³-hybridized carbons (Fsp3) is 0.629. The summed E-state index contributed by atoms with van der Waals surface area (Å²) in [5.74, 6) is -0.434. The molecule has 2 aromatic rings. The van der Waals surface area contributed by atoms with Crippen LogP contribution in [0.3, 0.4) is 0 Å². The van der Waals surface area contributed by atoms with Gasteiger partial charge in [-0.05, 0) is 81.2 Å². The number of esters is 1. The predicted octanol–water partition coefficient (Wildman–Crippen LogP) is 6.64. The quantitative estimate of drug-likeness (QED) is 0.200. The summed E-state index contributed by atoms with van der Waals surface area (Å²) in [7, 11) is 4.36. The third-order valence-electron chi connectivity index (χ3n) is 9.38. The number of anilines is 1. The van der Waals surface area contributed by atoms with E-state index in [2.05, 4.69) is 60.0 Å². The Morgan fingerprint density at radius 2 is 1.74 bits per heavy atom. The van der Waals surface area contributed by atoms with Crippen LogP contribution < -0.4 is 10.6 Å². The van der Waals surface area contributed by atoms with Gasteiger partial charge in [0.1, 0.15) is 11.9 Å². The summed E-state index contributed by atoms with van der Waals surface area (Å²) in [4.78, 5) is 20.0. The van der Waals surface area contributed by atoms with Crippen molar-refractivity contribution in [1.29, 1.82) is 0 Å². The largest absolute Gasteiger partial charge is 0.457 e. The van der Waals surface area contributed by atoms with E-state index in [-0.39, 0.29) is 23.9 Å². The molecule has 7 heteroatoms. The van der Waals surface area contributed by atoms with Crippen LogP contribution in [0, 0.1) is 5.82 Å². The molecule has 0 amide bonds. The van der Waals surface area contributed by atoms with Crippen molar-refractivity contribution < 1.29 is 13.9 Å². The molecule has 1 fully saturated rings. The van der Waals surface area contributed by atoms with Gasteiger partial charge in [0, 0.05) is 44.8 Å². The molecule has 2 heterocycles. The highest BCUT2D eigenvalue weighted by molar-refractivity contribution is 5.69. The molecule has 232 valence electrons. The number of hydrogen-bond acceptors (Lipinski definition) is 6. The van der Waals surface area contributed by atoms with E-state index < -0.39 is 5.54 Å². The number of likely N-dealkylation sites (tertiary alicyclic amines) is 1. The number of unbranched alkanes of at least 4 members (excludes halogenated alkanes) is 6. The number of benzene rings is 2. The smallest absolute Gasteiger partial charge is 0.306 e. The summed E-state index contributed by atoms with van der Waals surface area (Å²) in [5.41, 5.74) is 10.1. The number of nitrogens with two attached hydrogens (primary N) is 1. The minimum atomic E-state index is -0.465. The lowest BCUT2D eigenvalue weighted by Gasteiger charge is -2.49. The Morgan fingerprint density at radius 1 is 1.00 bits per heavy atom. The number of fused-ring (bicyclic) bond motifs is 4. The topological polar surface area (TPSA) is 62.0 Å². The number of likely N-dealkylation sites (N-methyl/N-ethyl adjacent to an activating group) is 2. The number of nitrogens with zero attached hydrogens (tertiary/aromatic N) is 3. The van der Waals surface area contributed by atoms with Crippen molar-refractivity contribution in [2.24, 2.45) is 5.73 Å². The van der Waals surface area contributed by atoms with E-state index in [9.17, 15) is 9.18 Å². The lowest BCUT2D eigenvalue weighted by Crippen LogP contribution is -2.64. The molecule has 0 radical (unpaired) electrons. The van der Waals surface area contributed by atoms with E-state index in [0.717, 1.165) is 64.0 Å². The van der Waals surface area contributed by atoms with Gasteiger partial charge < -0.3 is 20.3 Å². The minimum Gasteiger partial charge on any atom is -0.457 e. The summed E-state index contributed by atoms with van der Waals surface area (Å²) < 4.78 is 19.7. The second-order valence-electron chi connectivity index (χ2n) is 12.6. The van der Waals surface area contributed by atoms with Crippen molar-refractivity contribution in [1.82, 2.24) is 9.80 Å². The van der Waals surface area contributed by atoms with Gasteiger partial charge in [0.25, 0.3) is 0 Å². The van der Waals surface area contributed by atoms with E-state index >= 15 is 0 Å². The maximum absolute atomic E-state index is 13.7. The average molecular weight is 581 g/mol. The Labute approximate surface area is 253 Å². The zero-order valence-electron chi connectivity index (χ0n) is 26.2. The molecule has 4 rings (SSSR count). The third-order valence-corrected chi connectivity index (χ3v) is 9.38. The van der Waals surface area contributed by atoms with Gasteiger partial charge in [0.2, 0.25) is 0 Å². The number of carbonyl (C=O) groups excluding carboxylic acids is 1. The zero-order chi connectivity index (χ0) is 30.0. The molecule has 1 unspecified atom stereocenters. The molecule has 2 aliphatic heterocycles. The van der Waals surface area contributed by atoms with Crippen molar-refractivity contribution in [3.8, 4) is 0 Å². The summed E-state index contributed by atoms with van der Waals surface area (Å²) in [5, 5.41) is 0. The Kier molecular flexibility index (Phi) is 12.2. The summed E-state index contributed by atoms with van der Waals surface area (Å²) in [6, 6.07) is 15.4. The van der Waals surface area contributed by atoms with Crippen molar-refractivity contribution in [2.45, 2.75) is 95.2 Å². The van der Waals surface area contributed by atoms with Gasteiger partial charge in [-0.1, -0.05) is 69.7 Å². The SMILES string of the molecule is CCCCCCCCCC(=O)OC(CCCN1CC[C@@H]2N(C)CCN(C)c3cccc(c3)[C@]2(N)C1)c1ccc(F)cc1.